The van der Waals surface area contributed by atoms with E-state index in [1.54, 1.807) is 49.2 Å². The third kappa shape index (κ3) is 11.5. The van der Waals surface area contributed by atoms with E-state index in [9.17, 15) is 10.1 Å². The van der Waals surface area contributed by atoms with Crippen LogP contribution in [0.2, 0.25) is 0 Å². The van der Waals surface area contributed by atoms with E-state index in [1.807, 2.05) is 78.9 Å². The van der Waals surface area contributed by atoms with Crippen molar-refractivity contribution in [2.75, 3.05) is 0 Å². The molecule has 0 aliphatic rings. The maximum atomic E-state index is 10.9. The Bertz CT molecular complexity index is 2140. The summed E-state index contributed by atoms with van der Waals surface area (Å²) >= 11 is 0. The van der Waals surface area contributed by atoms with Crippen LogP contribution in [0.25, 0.3) is 56.4 Å². The Kier molecular flexibility index (Phi) is 14.0. The molecule has 0 amide bonds. The summed E-state index contributed by atoms with van der Waals surface area (Å²) in [5.74, 6) is 0.366. The van der Waals surface area contributed by atoms with Gasteiger partial charge in [-0.05, 0) is 71.8 Å². The molecule has 0 saturated heterocycles. The molecule has 8 rings (SSSR count). The first-order valence-electron chi connectivity index (χ1n) is 14.6. The van der Waals surface area contributed by atoms with Crippen LogP contribution in [-0.4, -0.2) is 45.0 Å². The zero-order valence-electron chi connectivity index (χ0n) is 26.4. The van der Waals surface area contributed by atoms with Gasteiger partial charge < -0.3 is 9.97 Å². The molecule has 0 aliphatic heterocycles. The van der Waals surface area contributed by atoms with Crippen LogP contribution < -0.4 is 23.6 Å². The Labute approximate surface area is 309 Å². The van der Waals surface area contributed by atoms with Gasteiger partial charge in [-0.15, -0.1) is 10.2 Å². The zero-order valence-corrected chi connectivity index (χ0v) is 28.9. The monoisotopic (exact) mass is 804 g/mol. The second-order valence-electron chi connectivity index (χ2n) is 9.83. The predicted molar refractivity (Wildman–Crippen MR) is 173 cm³/mol. The van der Waals surface area contributed by atoms with Crippen molar-refractivity contribution >= 4 is 27.8 Å². The molecular weight excluding hydrogens is 781 g/mol. The van der Waals surface area contributed by atoms with E-state index in [-0.39, 0.29) is 25.2 Å². The summed E-state index contributed by atoms with van der Waals surface area (Å²) in [6.45, 7) is 0. The minimum Gasteiger partial charge on any atom is -0.434 e. The van der Waals surface area contributed by atoms with Crippen LogP contribution in [0.15, 0.2) is 140 Å². The van der Waals surface area contributed by atoms with Gasteiger partial charge in [0, 0.05) is 48.5 Å². The number of nitro groups is 1. The molecule has 0 atom stereocenters. The molecule has 0 radical (unpaired) electrons. The molecule has 8 aromatic rings. The number of pyridine rings is 5. The third-order valence-corrected chi connectivity index (χ3v) is 6.42. The quantitative estimate of drug-likeness (QED) is 0.139. The summed E-state index contributed by atoms with van der Waals surface area (Å²) in [5.41, 5.74) is 5.67. The van der Waals surface area contributed by atoms with Crippen LogP contribution in [0.3, 0.4) is 0 Å². The summed E-state index contributed by atoms with van der Waals surface area (Å²) in [6, 6.07) is 33.0. The summed E-state index contributed by atoms with van der Waals surface area (Å²) in [4.78, 5) is 40.0. The Hall–Kier alpha value is -6.07. The van der Waals surface area contributed by atoms with E-state index in [0.29, 0.717) is 33.6 Å². The largest absolute Gasteiger partial charge is 2.00 e. The van der Waals surface area contributed by atoms with Crippen LogP contribution >= 0.6 is 0 Å². The van der Waals surface area contributed by atoms with Gasteiger partial charge in [0.25, 0.3) is 5.69 Å². The number of fused-ring (bicyclic) bond motifs is 3. The first-order valence-corrected chi connectivity index (χ1v) is 15.8. The molecule has 0 spiro atoms. The van der Waals surface area contributed by atoms with Crippen LogP contribution in [0.1, 0.15) is 0 Å². The molecule has 7 heterocycles. The molecular formula is C34H23ClN10O6Ru. The fourth-order valence-electron chi connectivity index (χ4n) is 4.27. The van der Waals surface area contributed by atoms with Crippen molar-refractivity contribution in [1.29, 1.82) is 0 Å². The number of rotatable bonds is 4. The van der Waals surface area contributed by atoms with Gasteiger partial charge in [0.05, 0.1) is 38.9 Å². The van der Waals surface area contributed by atoms with E-state index in [0.717, 1.165) is 22.8 Å². The van der Waals surface area contributed by atoms with Gasteiger partial charge in [0.1, 0.15) is 5.82 Å². The SMILES string of the molecule is O=[N+]([O-])c1ccc2[n-]c3nc(-c4ccccn4)nnc3c2c1.[O-][Cl+3]([O-])([O-])[O-].[Ru+2].c1ccc(-c2ccccn2)nc1.c1ccc(-c2ccccn2)nc1. The Morgan fingerprint density at radius 1 is 0.558 bits per heavy atom. The normalized spacial score (nSPS) is 10.3. The van der Waals surface area contributed by atoms with E-state index in [1.165, 1.54) is 12.1 Å². The number of nitro benzene ring substituents is 1. The van der Waals surface area contributed by atoms with E-state index >= 15 is 0 Å². The van der Waals surface area contributed by atoms with E-state index < -0.39 is 15.2 Å². The molecule has 16 nitrogen and oxygen atoms in total. The third-order valence-electron chi connectivity index (χ3n) is 6.42. The molecule has 0 saturated carbocycles. The molecule has 52 heavy (non-hydrogen) atoms. The van der Waals surface area contributed by atoms with Gasteiger partial charge in [0.15, 0.2) is 0 Å². The van der Waals surface area contributed by atoms with Crippen molar-refractivity contribution in [2.45, 2.75) is 0 Å². The Balaban J connectivity index is 0.000000173. The molecule has 18 heteroatoms. The number of hydrogen-bond acceptors (Lipinski definition) is 14. The van der Waals surface area contributed by atoms with Crippen LogP contribution in [0.4, 0.5) is 5.69 Å². The van der Waals surface area contributed by atoms with E-state index in [4.69, 9.17) is 18.6 Å². The van der Waals surface area contributed by atoms with Gasteiger partial charge in [-0.25, -0.2) is 18.6 Å². The average molecular weight is 804 g/mol. The van der Waals surface area contributed by atoms with Crippen LogP contribution in [-0.2, 0) is 19.5 Å². The minimum absolute atomic E-state index is 0. The number of halogens is 1. The smallest absolute Gasteiger partial charge is 0.434 e. The zero-order chi connectivity index (χ0) is 36.1. The average Bonchev–Trinajstić information content (AvgIpc) is 3.54. The topological polar surface area (TPSA) is 253 Å². The molecule has 0 unspecified atom stereocenters. The van der Waals surface area contributed by atoms with Crippen molar-refractivity contribution < 1.29 is 53.3 Å². The number of aromatic nitrogens is 9. The summed E-state index contributed by atoms with van der Waals surface area (Å²) in [5, 5.41) is 19.6. The maximum Gasteiger partial charge on any atom is 2.00 e. The van der Waals surface area contributed by atoms with Gasteiger partial charge in [-0.1, -0.05) is 36.4 Å². The number of nitrogens with zero attached hydrogens (tertiary/aromatic N) is 10. The standard InChI is InChI=1S/C14H7N6O2.2C10H8N2.ClHO4.Ru/c21-20(22)8-4-5-10-9(7-8)12-14(16-10)17-13(19-18-12)11-3-1-2-6-15-11;2*1-3-7-11-9(5-1)10-6-2-4-8-12-10;2-1(3,4)5;/h1-7H;2*1-8H;(H,2,3,4,5);/q-1;;;;+2/p-1. The fraction of sp³-hybridized carbons (Fsp3) is 0. The minimum atomic E-state index is -4.94. The first kappa shape index (κ1) is 38.7. The predicted octanol–water partition coefficient (Wildman–Crippen LogP) is 1.63. The number of benzene rings is 1. The summed E-state index contributed by atoms with van der Waals surface area (Å²) < 4.78 is 34.0. The Morgan fingerprint density at radius 3 is 1.33 bits per heavy atom. The fourth-order valence-corrected chi connectivity index (χ4v) is 4.27. The molecule has 1 aromatic carbocycles. The number of non-ortho nitro benzene ring substituents is 1. The van der Waals surface area contributed by atoms with Crippen molar-refractivity contribution in [3.05, 3.63) is 150 Å². The molecule has 0 fully saturated rings. The molecule has 0 N–H and O–H groups in total. The summed E-state index contributed by atoms with van der Waals surface area (Å²) in [7, 11) is -4.94. The first-order chi connectivity index (χ1) is 24.7. The molecule has 260 valence electrons. The van der Waals surface area contributed by atoms with Crippen molar-refractivity contribution in [1.82, 2.24) is 45.1 Å². The Morgan fingerprint density at radius 2 is 0.962 bits per heavy atom. The molecule has 0 bridgehead atoms. The van der Waals surface area contributed by atoms with Gasteiger partial charge in [0.2, 0.25) is 0 Å². The van der Waals surface area contributed by atoms with Gasteiger partial charge >= 0.3 is 19.5 Å². The van der Waals surface area contributed by atoms with Gasteiger partial charge in [-0.3, -0.25) is 35.0 Å². The second kappa shape index (κ2) is 18.8. The van der Waals surface area contributed by atoms with Crippen molar-refractivity contribution in [2.24, 2.45) is 0 Å². The molecule has 0 aliphatic carbocycles. The van der Waals surface area contributed by atoms with Crippen molar-refractivity contribution in [3.8, 4) is 34.3 Å². The van der Waals surface area contributed by atoms with Crippen molar-refractivity contribution in [3.63, 3.8) is 0 Å². The van der Waals surface area contributed by atoms with Crippen LogP contribution in [0.5, 0.6) is 0 Å². The van der Waals surface area contributed by atoms with Gasteiger partial charge in [-0.2, -0.15) is 10.2 Å². The summed E-state index contributed by atoms with van der Waals surface area (Å²) in [6.07, 6.45) is 8.71. The van der Waals surface area contributed by atoms with Crippen LogP contribution in [0, 0.1) is 20.4 Å². The molecule has 7 aromatic heterocycles. The van der Waals surface area contributed by atoms with E-state index in [2.05, 4.69) is 45.1 Å². The second-order valence-corrected chi connectivity index (χ2v) is 10.6. The number of hydrogen-bond donors (Lipinski definition) is 0. The maximum absolute atomic E-state index is 10.9.